The van der Waals surface area contributed by atoms with Gasteiger partial charge in [0.25, 0.3) is 0 Å². The van der Waals surface area contributed by atoms with Gasteiger partial charge in [-0.2, -0.15) is 5.26 Å². The first-order valence-electron chi connectivity index (χ1n) is 5.75. The Labute approximate surface area is 118 Å². The summed E-state index contributed by atoms with van der Waals surface area (Å²) in [6.45, 7) is 0.327. The molecule has 3 N–H and O–H groups in total. The maximum atomic E-state index is 12.1. The number of benzene rings is 1. The fourth-order valence-electron chi connectivity index (χ4n) is 1.54. The van der Waals surface area contributed by atoms with E-state index in [2.05, 4.69) is 4.72 Å². The van der Waals surface area contributed by atoms with Crippen LogP contribution in [-0.4, -0.2) is 41.9 Å². The van der Waals surface area contributed by atoms with Gasteiger partial charge in [-0.1, -0.05) is 0 Å². The number of nitrogen functional groups attached to an aromatic ring is 1. The van der Waals surface area contributed by atoms with Gasteiger partial charge in [0.2, 0.25) is 10.0 Å². The maximum absolute atomic E-state index is 12.1. The summed E-state index contributed by atoms with van der Waals surface area (Å²) in [5.41, 5.74) is 5.98. The Morgan fingerprint density at radius 1 is 1.45 bits per heavy atom. The smallest absolute Gasteiger partial charge is 0.242 e. The average Bonchev–Trinajstić information content (AvgIpc) is 2.42. The van der Waals surface area contributed by atoms with Gasteiger partial charge in [0.15, 0.2) is 0 Å². The second-order valence-corrected chi connectivity index (χ2v) is 5.76. The van der Waals surface area contributed by atoms with E-state index in [4.69, 9.17) is 20.5 Å². The largest absolute Gasteiger partial charge is 0.398 e. The highest BCUT2D eigenvalue weighted by molar-refractivity contribution is 7.89. The average molecular weight is 299 g/mol. The zero-order valence-corrected chi connectivity index (χ0v) is 12.1. The van der Waals surface area contributed by atoms with Crippen LogP contribution in [0.3, 0.4) is 0 Å². The normalized spacial score (nSPS) is 12.8. The number of hydrogen-bond donors (Lipinski definition) is 2. The number of nitrogens with one attached hydrogen (secondary N) is 1. The van der Waals surface area contributed by atoms with E-state index in [9.17, 15) is 8.42 Å². The Morgan fingerprint density at radius 2 is 2.15 bits per heavy atom. The van der Waals surface area contributed by atoms with Crippen LogP contribution in [0.2, 0.25) is 0 Å². The molecule has 0 aliphatic rings. The molecule has 0 saturated heterocycles. The molecule has 0 heterocycles. The summed E-state index contributed by atoms with van der Waals surface area (Å²) in [6, 6.07) is 5.90. The molecule has 1 rings (SSSR count). The van der Waals surface area contributed by atoms with Crippen molar-refractivity contribution in [2.75, 3.05) is 33.1 Å². The number of ether oxygens (including phenoxy) is 2. The molecular formula is C12H17N3O4S. The molecular weight excluding hydrogens is 282 g/mol. The molecule has 20 heavy (non-hydrogen) atoms. The van der Waals surface area contributed by atoms with E-state index in [1.54, 1.807) is 0 Å². The van der Waals surface area contributed by atoms with Crippen LogP contribution in [0.15, 0.2) is 23.1 Å². The number of rotatable bonds is 7. The van der Waals surface area contributed by atoms with E-state index in [0.29, 0.717) is 5.56 Å². The Morgan fingerprint density at radius 3 is 2.65 bits per heavy atom. The minimum atomic E-state index is -3.76. The molecule has 0 amide bonds. The molecule has 1 aromatic rings. The highest BCUT2D eigenvalue weighted by Crippen LogP contribution is 2.19. The summed E-state index contributed by atoms with van der Waals surface area (Å²) >= 11 is 0. The number of nitrogens with zero attached hydrogens (tertiary/aromatic N) is 1. The van der Waals surface area contributed by atoms with Gasteiger partial charge >= 0.3 is 0 Å². The van der Waals surface area contributed by atoms with E-state index in [1.807, 2.05) is 6.07 Å². The molecule has 7 nitrogen and oxygen atoms in total. The zero-order valence-electron chi connectivity index (χ0n) is 11.3. The van der Waals surface area contributed by atoms with Crippen molar-refractivity contribution in [3.63, 3.8) is 0 Å². The molecule has 0 saturated carbocycles. The van der Waals surface area contributed by atoms with E-state index in [1.165, 1.54) is 32.4 Å². The Kier molecular flexibility index (Phi) is 5.91. The lowest BCUT2D eigenvalue weighted by molar-refractivity contribution is 0.0320. The molecule has 0 radical (unpaired) electrons. The van der Waals surface area contributed by atoms with Crippen LogP contribution in [0.25, 0.3) is 0 Å². The summed E-state index contributed by atoms with van der Waals surface area (Å²) < 4.78 is 36.6. The zero-order chi connectivity index (χ0) is 15.2. The Balaban J connectivity index is 2.87. The van der Waals surface area contributed by atoms with Crippen LogP contribution in [0.4, 0.5) is 5.69 Å². The van der Waals surface area contributed by atoms with Gasteiger partial charge in [-0.05, 0) is 18.2 Å². The standard InChI is InChI=1S/C12H17N3O4S/c1-18-8-10(19-2)7-15-20(16,17)12-4-3-9(6-13)5-11(12)14/h3-5,10,15H,7-8,14H2,1-2H3. The van der Waals surface area contributed by atoms with E-state index < -0.39 is 16.1 Å². The van der Waals surface area contributed by atoms with Gasteiger partial charge in [-0.15, -0.1) is 0 Å². The fourth-order valence-corrected chi connectivity index (χ4v) is 2.72. The molecule has 0 aromatic heterocycles. The van der Waals surface area contributed by atoms with Crippen LogP contribution in [0.1, 0.15) is 5.56 Å². The number of hydrogen-bond acceptors (Lipinski definition) is 6. The molecule has 0 aliphatic heterocycles. The van der Waals surface area contributed by atoms with E-state index in [0.717, 1.165) is 0 Å². The molecule has 0 aliphatic carbocycles. The first kappa shape index (κ1) is 16.4. The third-order valence-corrected chi connectivity index (χ3v) is 4.11. The van der Waals surface area contributed by atoms with Gasteiger partial charge < -0.3 is 15.2 Å². The van der Waals surface area contributed by atoms with Crippen molar-refractivity contribution >= 4 is 15.7 Å². The first-order valence-corrected chi connectivity index (χ1v) is 7.24. The quantitative estimate of drug-likeness (QED) is 0.689. The predicted molar refractivity (Wildman–Crippen MR) is 73.4 cm³/mol. The van der Waals surface area contributed by atoms with Crippen LogP contribution >= 0.6 is 0 Å². The molecule has 0 fully saturated rings. The summed E-state index contributed by atoms with van der Waals surface area (Å²) in [5, 5.41) is 8.72. The van der Waals surface area contributed by atoms with E-state index >= 15 is 0 Å². The Bertz CT molecular complexity index is 595. The van der Waals surface area contributed by atoms with Gasteiger partial charge in [0.05, 0.1) is 30.0 Å². The van der Waals surface area contributed by atoms with Crippen LogP contribution in [0.5, 0.6) is 0 Å². The molecule has 1 aromatic carbocycles. The summed E-state index contributed by atoms with van der Waals surface area (Å²) in [4.78, 5) is -0.0660. The second-order valence-electron chi connectivity index (χ2n) is 4.03. The third kappa shape index (κ3) is 4.18. The van der Waals surface area contributed by atoms with Crippen molar-refractivity contribution in [1.29, 1.82) is 5.26 Å². The molecule has 1 unspecified atom stereocenters. The van der Waals surface area contributed by atoms with Gasteiger partial charge in [0.1, 0.15) is 4.90 Å². The van der Waals surface area contributed by atoms with Gasteiger partial charge in [0, 0.05) is 20.8 Å². The predicted octanol–water partition coefficient (Wildman–Crippen LogP) is 0.0802. The molecule has 0 spiro atoms. The van der Waals surface area contributed by atoms with Crippen molar-refractivity contribution < 1.29 is 17.9 Å². The van der Waals surface area contributed by atoms with Crippen molar-refractivity contribution in [2.45, 2.75) is 11.0 Å². The van der Waals surface area contributed by atoms with Crippen molar-refractivity contribution in [2.24, 2.45) is 0 Å². The van der Waals surface area contributed by atoms with Gasteiger partial charge in [-0.25, -0.2) is 13.1 Å². The minimum absolute atomic E-state index is 0.0252. The van der Waals surface area contributed by atoms with E-state index in [-0.39, 0.29) is 23.7 Å². The number of methoxy groups -OCH3 is 2. The van der Waals surface area contributed by atoms with Crippen molar-refractivity contribution in [3.05, 3.63) is 23.8 Å². The summed E-state index contributed by atoms with van der Waals surface area (Å²) in [5.74, 6) is 0. The molecule has 1 atom stereocenters. The van der Waals surface area contributed by atoms with Crippen molar-refractivity contribution in [1.82, 2.24) is 4.72 Å². The maximum Gasteiger partial charge on any atom is 0.242 e. The van der Waals surface area contributed by atoms with Crippen molar-refractivity contribution in [3.8, 4) is 6.07 Å². The lowest BCUT2D eigenvalue weighted by Gasteiger charge is -2.15. The topological polar surface area (TPSA) is 114 Å². The number of sulfonamides is 1. The van der Waals surface area contributed by atoms with Crippen LogP contribution < -0.4 is 10.5 Å². The van der Waals surface area contributed by atoms with Gasteiger partial charge in [-0.3, -0.25) is 0 Å². The molecule has 8 heteroatoms. The number of nitriles is 1. The first-order chi connectivity index (χ1) is 9.44. The highest BCUT2D eigenvalue weighted by atomic mass is 32.2. The summed E-state index contributed by atoms with van der Waals surface area (Å²) in [6.07, 6.45) is -0.394. The molecule has 110 valence electrons. The number of anilines is 1. The number of nitrogens with two attached hydrogens (primary N) is 1. The summed E-state index contributed by atoms with van der Waals surface area (Å²) in [7, 11) is -0.794. The lowest BCUT2D eigenvalue weighted by Crippen LogP contribution is -2.35. The molecule has 0 bridgehead atoms. The fraction of sp³-hybridized carbons (Fsp3) is 0.417. The minimum Gasteiger partial charge on any atom is -0.398 e. The Hall–Kier alpha value is -1.66. The lowest BCUT2D eigenvalue weighted by atomic mass is 10.2. The second kappa shape index (κ2) is 7.21. The monoisotopic (exact) mass is 299 g/mol. The van der Waals surface area contributed by atoms with Crippen LogP contribution in [-0.2, 0) is 19.5 Å². The van der Waals surface area contributed by atoms with Crippen LogP contribution in [0, 0.1) is 11.3 Å². The highest BCUT2D eigenvalue weighted by Gasteiger charge is 2.19. The SMILES string of the molecule is COCC(CNS(=O)(=O)c1ccc(C#N)cc1N)OC. The third-order valence-electron chi connectivity index (χ3n) is 2.62.